The van der Waals surface area contributed by atoms with Crippen molar-refractivity contribution in [1.29, 1.82) is 0 Å². The van der Waals surface area contributed by atoms with Crippen LogP contribution in [0, 0.1) is 0 Å². The molecule has 104 valence electrons. The highest BCUT2D eigenvalue weighted by Crippen LogP contribution is 2.13. The molecule has 0 aliphatic heterocycles. The minimum absolute atomic E-state index is 0.451. The predicted molar refractivity (Wildman–Crippen MR) is 80.7 cm³/mol. The molecule has 0 atom stereocenters. The van der Waals surface area contributed by atoms with Gasteiger partial charge in [-0.3, -0.25) is 4.79 Å². The van der Waals surface area contributed by atoms with E-state index < -0.39 is 5.91 Å². The Bertz CT molecular complexity index is 863. The standard InChI is InChI=1S/C8H7N3O.C7H6N2/c9-8(12)5-2-1-3-6-7(5)11-4-10-6;1-2-4-7-6(3-1)8-5-9-7/h1-4H,(H2,9,12)(H,10,11);1-5H,(H,8,9). The lowest BCUT2D eigenvalue weighted by molar-refractivity contribution is 0.100. The third-order valence-corrected chi connectivity index (χ3v) is 3.04. The number of fused-ring (bicyclic) bond motifs is 2. The average Bonchev–Trinajstić information content (AvgIpc) is 3.16. The highest BCUT2D eigenvalue weighted by atomic mass is 16.1. The van der Waals surface area contributed by atoms with Crippen LogP contribution in [0.4, 0.5) is 0 Å². The van der Waals surface area contributed by atoms with Gasteiger partial charge < -0.3 is 15.7 Å². The van der Waals surface area contributed by atoms with E-state index in [4.69, 9.17) is 5.73 Å². The van der Waals surface area contributed by atoms with E-state index in [1.807, 2.05) is 30.3 Å². The zero-order chi connectivity index (χ0) is 14.7. The highest BCUT2D eigenvalue weighted by molar-refractivity contribution is 6.03. The first-order valence-corrected chi connectivity index (χ1v) is 6.36. The lowest BCUT2D eigenvalue weighted by Gasteiger charge is -1.94. The van der Waals surface area contributed by atoms with Crippen molar-refractivity contribution in [2.45, 2.75) is 0 Å². The molecule has 0 radical (unpaired) electrons. The number of imidazole rings is 2. The van der Waals surface area contributed by atoms with Crippen LogP contribution in [0.5, 0.6) is 0 Å². The SMILES string of the molecule is NC(=O)c1cccc2[nH]cnc12.c1ccc2[nH]cnc2c1. The van der Waals surface area contributed by atoms with Gasteiger partial charge in [0, 0.05) is 0 Å². The number of rotatable bonds is 1. The largest absolute Gasteiger partial charge is 0.366 e. The summed E-state index contributed by atoms with van der Waals surface area (Å²) in [5.41, 5.74) is 9.17. The molecule has 4 rings (SSSR count). The Morgan fingerprint density at radius 1 is 0.905 bits per heavy atom. The monoisotopic (exact) mass is 279 g/mol. The van der Waals surface area contributed by atoms with Gasteiger partial charge in [-0.05, 0) is 24.3 Å². The third kappa shape index (κ3) is 2.59. The van der Waals surface area contributed by atoms with E-state index in [9.17, 15) is 4.79 Å². The molecule has 0 unspecified atom stereocenters. The van der Waals surface area contributed by atoms with Crippen LogP contribution in [0.2, 0.25) is 0 Å². The topological polar surface area (TPSA) is 100 Å². The van der Waals surface area contributed by atoms with Crippen LogP contribution < -0.4 is 5.73 Å². The number of nitrogens with one attached hydrogen (secondary N) is 2. The number of H-pyrrole nitrogens is 2. The molecule has 6 heteroatoms. The van der Waals surface area contributed by atoms with Gasteiger partial charge in [0.05, 0.1) is 34.8 Å². The smallest absolute Gasteiger partial charge is 0.250 e. The van der Waals surface area contributed by atoms with E-state index in [-0.39, 0.29) is 0 Å². The summed E-state index contributed by atoms with van der Waals surface area (Å²) < 4.78 is 0. The van der Waals surface area contributed by atoms with E-state index >= 15 is 0 Å². The second-order valence-electron chi connectivity index (χ2n) is 4.39. The van der Waals surface area contributed by atoms with Crippen molar-refractivity contribution >= 4 is 28.0 Å². The van der Waals surface area contributed by atoms with E-state index in [0.29, 0.717) is 11.1 Å². The Morgan fingerprint density at radius 2 is 1.62 bits per heavy atom. The fourth-order valence-electron chi connectivity index (χ4n) is 2.04. The van der Waals surface area contributed by atoms with Gasteiger partial charge in [-0.1, -0.05) is 18.2 Å². The normalized spacial score (nSPS) is 10.3. The molecule has 0 saturated carbocycles. The minimum atomic E-state index is -0.451. The van der Waals surface area contributed by atoms with Gasteiger partial charge in [0.2, 0.25) is 0 Å². The quantitative estimate of drug-likeness (QED) is 0.498. The molecule has 21 heavy (non-hydrogen) atoms. The highest BCUT2D eigenvalue weighted by Gasteiger charge is 2.06. The number of carbonyl (C=O) groups is 1. The minimum Gasteiger partial charge on any atom is -0.366 e. The van der Waals surface area contributed by atoms with Gasteiger partial charge in [-0.15, -0.1) is 0 Å². The Morgan fingerprint density at radius 3 is 2.43 bits per heavy atom. The maximum atomic E-state index is 10.9. The maximum absolute atomic E-state index is 10.9. The molecule has 0 aliphatic rings. The van der Waals surface area contributed by atoms with Crippen LogP contribution in [0.3, 0.4) is 0 Å². The summed E-state index contributed by atoms with van der Waals surface area (Å²) in [6, 6.07) is 13.2. The van der Waals surface area contributed by atoms with Crippen molar-refractivity contribution in [3.05, 3.63) is 60.7 Å². The van der Waals surface area contributed by atoms with E-state index in [1.54, 1.807) is 18.5 Å². The number of aromatic amines is 2. The fraction of sp³-hybridized carbons (Fsp3) is 0. The van der Waals surface area contributed by atoms with Crippen LogP contribution in [0.15, 0.2) is 55.1 Å². The van der Waals surface area contributed by atoms with Gasteiger partial charge in [0.15, 0.2) is 0 Å². The molecule has 0 bridgehead atoms. The molecular weight excluding hydrogens is 266 g/mol. The molecule has 4 aromatic rings. The first kappa shape index (κ1) is 12.9. The zero-order valence-corrected chi connectivity index (χ0v) is 11.1. The molecule has 4 N–H and O–H groups in total. The Hall–Kier alpha value is -3.15. The molecule has 2 aromatic heterocycles. The maximum Gasteiger partial charge on any atom is 0.250 e. The third-order valence-electron chi connectivity index (χ3n) is 3.04. The van der Waals surface area contributed by atoms with Gasteiger partial charge in [-0.25, -0.2) is 9.97 Å². The number of aromatic nitrogens is 4. The van der Waals surface area contributed by atoms with Gasteiger partial charge in [0.25, 0.3) is 5.91 Å². The number of para-hydroxylation sites is 3. The molecule has 1 amide bonds. The molecule has 2 aromatic carbocycles. The summed E-state index contributed by atoms with van der Waals surface area (Å²) >= 11 is 0. The molecule has 6 nitrogen and oxygen atoms in total. The fourth-order valence-corrected chi connectivity index (χ4v) is 2.04. The molecule has 0 aliphatic carbocycles. The summed E-state index contributed by atoms with van der Waals surface area (Å²) in [5, 5.41) is 0. The van der Waals surface area contributed by atoms with E-state index in [0.717, 1.165) is 16.6 Å². The number of primary amides is 1. The Kier molecular flexibility index (Phi) is 3.34. The van der Waals surface area contributed by atoms with Crippen LogP contribution in [-0.4, -0.2) is 25.8 Å². The average molecular weight is 279 g/mol. The summed E-state index contributed by atoms with van der Waals surface area (Å²) in [6.07, 6.45) is 3.24. The first-order chi connectivity index (χ1) is 10.3. The van der Waals surface area contributed by atoms with Crippen LogP contribution in [-0.2, 0) is 0 Å². The number of nitrogens with two attached hydrogens (primary N) is 1. The molecule has 0 spiro atoms. The van der Waals surface area contributed by atoms with E-state index in [2.05, 4.69) is 19.9 Å². The lowest BCUT2D eigenvalue weighted by atomic mass is 10.2. The second-order valence-corrected chi connectivity index (χ2v) is 4.39. The van der Waals surface area contributed by atoms with E-state index in [1.165, 1.54) is 6.33 Å². The lowest BCUT2D eigenvalue weighted by Crippen LogP contribution is -2.11. The number of hydrogen-bond donors (Lipinski definition) is 3. The molecular formula is C15H13N5O. The van der Waals surface area contributed by atoms with Crippen LogP contribution in [0.1, 0.15) is 10.4 Å². The molecule has 0 saturated heterocycles. The summed E-state index contributed by atoms with van der Waals surface area (Å²) in [6.45, 7) is 0. The zero-order valence-electron chi connectivity index (χ0n) is 11.1. The van der Waals surface area contributed by atoms with Crippen molar-refractivity contribution in [2.24, 2.45) is 5.73 Å². The number of benzene rings is 2. The van der Waals surface area contributed by atoms with Crippen molar-refractivity contribution in [1.82, 2.24) is 19.9 Å². The number of amides is 1. The van der Waals surface area contributed by atoms with Crippen molar-refractivity contribution in [2.75, 3.05) is 0 Å². The number of hydrogen-bond acceptors (Lipinski definition) is 3. The predicted octanol–water partition coefficient (Wildman–Crippen LogP) is 2.22. The Balaban J connectivity index is 0.000000131. The van der Waals surface area contributed by atoms with Crippen LogP contribution in [0.25, 0.3) is 22.1 Å². The summed E-state index contributed by atoms with van der Waals surface area (Å²) in [5.74, 6) is -0.451. The van der Waals surface area contributed by atoms with Gasteiger partial charge in [-0.2, -0.15) is 0 Å². The second kappa shape index (κ2) is 5.46. The number of nitrogens with zero attached hydrogens (tertiary/aromatic N) is 2. The first-order valence-electron chi connectivity index (χ1n) is 6.36. The van der Waals surface area contributed by atoms with Crippen molar-refractivity contribution in [3.8, 4) is 0 Å². The Labute approximate surface area is 120 Å². The molecule has 0 fully saturated rings. The number of carbonyl (C=O) groups excluding carboxylic acids is 1. The van der Waals surface area contributed by atoms with Crippen molar-refractivity contribution in [3.63, 3.8) is 0 Å². The van der Waals surface area contributed by atoms with Gasteiger partial charge >= 0.3 is 0 Å². The van der Waals surface area contributed by atoms with Crippen LogP contribution >= 0.6 is 0 Å². The summed E-state index contributed by atoms with van der Waals surface area (Å²) in [7, 11) is 0. The molecule has 2 heterocycles. The van der Waals surface area contributed by atoms with Crippen molar-refractivity contribution < 1.29 is 4.79 Å². The summed E-state index contributed by atoms with van der Waals surface area (Å²) in [4.78, 5) is 24.8. The van der Waals surface area contributed by atoms with Gasteiger partial charge in [0.1, 0.15) is 5.52 Å².